The second-order valence-electron chi connectivity index (χ2n) is 4.06. The van der Waals surface area contributed by atoms with Crippen LogP contribution in [0.15, 0.2) is 35.4 Å². The summed E-state index contributed by atoms with van der Waals surface area (Å²) in [7, 11) is -2.91. The zero-order chi connectivity index (χ0) is 13.2. The Balaban J connectivity index is 2.23. The van der Waals surface area contributed by atoms with Crippen molar-refractivity contribution in [3.05, 3.63) is 30.5 Å². The molecule has 0 unspecified atom stereocenters. The molecule has 0 saturated heterocycles. The van der Waals surface area contributed by atoms with Crippen LogP contribution in [0.2, 0.25) is 0 Å². The van der Waals surface area contributed by atoms with Gasteiger partial charge in [-0.2, -0.15) is 0 Å². The minimum atomic E-state index is -2.91. The van der Waals surface area contributed by atoms with Gasteiger partial charge in [0.05, 0.1) is 11.3 Å². The molecule has 0 radical (unpaired) electrons. The normalized spacial score (nSPS) is 11.8. The van der Waals surface area contributed by atoms with Gasteiger partial charge >= 0.3 is 0 Å². The third-order valence-corrected chi connectivity index (χ3v) is 4.72. The van der Waals surface area contributed by atoms with Crippen LogP contribution in [0.25, 0.3) is 10.9 Å². The lowest BCUT2D eigenvalue weighted by atomic mass is 10.2. The van der Waals surface area contributed by atoms with E-state index in [-0.39, 0.29) is 5.75 Å². The Morgan fingerprint density at radius 2 is 2.11 bits per heavy atom. The molecule has 0 atom stereocenters. The van der Waals surface area contributed by atoms with E-state index in [1.54, 1.807) is 6.20 Å². The van der Waals surface area contributed by atoms with Crippen LogP contribution in [-0.2, 0) is 9.84 Å². The molecule has 0 amide bonds. The first-order valence-electron chi connectivity index (χ1n) is 5.40. The molecule has 2 aromatic rings. The molecule has 0 aliphatic carbocycles. The molecule has 96 valence electrons. The monoisotopic (exact) mass is 282 g/mol. The Morgan fingerprint density at radius 1 is 1.33 bits per heavy atom. The van der Waals surface area contributed by atoms with Crippen LogP contribution in [0.1, 0.15) is 0 Å². The Morgan fingerprint density at radius 3 is 2.83 bits per heavy atom. The van der Waals surface area contributed by atoms with E-state index in [1.807, 2.05) is 24.3 Å². The smallest absolute Gasteiger partial charge is 0.148 e. The molecular formula is C12H14N2O2S2. The number of fused-ring (bicyclic) bond motifs is 1. The molecule has 0 aliphatic heterocycles. The maximum atomic E-state index is 11.1. The predicted octanol–water partition coefficient (Wildman–Crippen LogP) is 1.95. The zero-order valence-corrected chi connectivity index (χ0v) is 11.6. The van der Waals surface area contributed by atoms with Crippen LogP contribution in [0.5, 0.6) is 0 Å². The number of aromatic nitrogens is 1. The summed E-state index contributed by atoms with van der Waals surface area (Å²) < 4.78 is 22.2. The average Bonchev–Trinajstić information content (AvgIpc) is 2.27. The SMILES string of the molecule is CS(=O)(=O)CCSc1ccnc2cc(N)ccc12. The van der Waals surface area contributed by atoms with E-state index in [1.165, 1.54) is 18.0 Å². The summed E-state index contributed by atoms with van der Waals surface area (Å²) in [6, 6.07) is 7.45. The third-order valence-electron chi connectivity index (χ3n) is 2.44. The summed E-state index contributed by atoms with van der Waals surface area (Å²) in [5, 5.41) is 1.00. The van der Waals surface area contributed by atoms with Gasteiger partial charge < -0.3 is 5.73 Å². The van der Waals surface area contributed by atoms with Gasteiger partial charge in [-0.1, -0.05) is 0 Å². The first-order valence-corrected chi connectivity index (χ1v) is 8.45. The first-order chi connectivity index (χ1) is 8.46. The van der Waals surface area contributed by atoms with Crippen molar-refractivity contribution in [2.75, 3.05) is 23.5 Å². The van der Waals surface area contributed by atoms with E-state index >= 15 is 0 Å². The van der Waals surface area contributed by atoms with E-state index in [0.717, 1.165) is 15.8 Å². The van der Waals surface area contributed by atoms with Crippen molar-refractivity contribution in [3.8, 4) is 0 Å². The van der Waals surface area contributed by atoms with Crippen LogP contribution in [0, 0.1) is 0 Å². The number of hydrogen-bond acceptors (Lipinski definition) is 5. The van der Waals surface area contributed by atoms with Gasteiger partial charge in [0.25, 0.3) is 0 Å². The van der Waals surface area contributed by atoms with Gasteiger partial charge in [-0.25, -0.2) is 8.42 Å². The molecule has 0 aliphatic rings. The third kappa shape index (κ3) is 3.36. The van der Waals surface area contributed by atoms with Gasteiger partial charge in [-0.15, -0.1) is 11.8 Å². The minimum Gasteiger partial charge on any atom is -0.399 e. The quantitative estimate of drug-likeness (QED) is 0.685. The molecule has 6 heteroatoms. The van der Waals surface area contributed by atoms with Crippen molar-refractivity contribution in [3.63, 3.8) is 0 Å². The minimum absolute atomic E-state index is 0.177. The Hall–Kier alpha value is -1.27. The van der Waals surface area contributed by atoms with Gasteiger partial charge in [0.2, 0.25) is 0 Å². The van der Waals surface area contributed by atoms with E-state index in [4.69, 9.17) is 5.73 Å². The van der Waals surface area contributed by atoms with Crippen LogP contribution in [0.4, 0.5) is 5.69 Å². The predicted molar refractivity (Wildman–Crippen MR) is 76.6 cm³/mol. The van der Waals surface area contributed by atoms with Crippen molar-refractivity contribution in [2.24, 2.45) is 0 Å². The molecule has 4 nitrogen and oxygen atoms in total. The number of anilines is 1. The van der Waals surface area contributed by atoms with Crippen molar-refractivity contribution in [1.82, 2.24) is 4.98 Å². The number of nitrogens with zero attached hydrogens (tertiary/aromatic N) is 1. The molecule has 1 heterocycles. The second kappa shape index (κ2) is 5.16. The lowest BCUT2D eigenvalue weighted by Crippen LogP contribution is -2.04. The standard InChI is InChI=1S/C12H14N2O2S2/c1-18(15,16)7-6-17-12-4-5-14-11-8-9(13)2-3-10(11)12/h2-5,8H,6-7,13H2,1H3. The number of pyridine rings is 1. The molecule has 1 aromatic heterocycles. The highest BCUT2D eigenvalue weighted by Gasteiger charge is 2.06. The van der Waals surface area contributed by atoms with Crippen molar-refractivity contribution in [1.29, 1.82) is 0 Å². The van der Waals surface area contributed by atoms with Crippen molar-refractivity contribution in [2.45, 2.75) is 4.90 Å². The topological polar surface area (TPSA) is 73.0 Å². The number of nitrogens with two attached hydrogens (primary N) is 1. The molecule has 1 aromatic carbocycles. The Kier molecular flexibility index (Phi) is 3.77. The molecule has 0 bridgehead atoms. The highest BCUT2D eigenvalue weighted by atomic mass is 32.2. The summed E-state index contributed by atoms with van der Waals surface area (Å²) in [5.41, 5.74) is 7.21. The molecule has 18 heavy (non-hydrogen) atoms. The highest BCUT2D eigenvalue weighted by molar-refractivity contribution is 8.00. The molecule has 0 fully saturated rings. The lowest BCUT2D eigenvalue weighted by Gasteiger charge is -2.05. The molecule has 2 rings (SSSR count). The molecule has 0 spiro atoms. The van der Waals surface area contributed by atoms with Gasteiger partial charge in [0.15, 0.2) is 0 Å². The van der Waals surface area contributed by atoms with E-state index in [2.05, 4.69) is 4.98 Å². The Bertz CT molecular complexity index is 669. The summed E-state index contributed by atoms with van der Waals surface area (Å²) in [4.78, 5) is 5.28. The van der Waals surface area contributed by atoms with Gasteiger partial charge in [-0.05, 0) is 24.3 Å². The summed E-state index contributed by atoms with van der Waals surface area (Å²) in [6.45, 7) is 0. The summed E-state index contributed by atoms with van der Waals surface area (Å²) in [6.07, 6.45) is 2.96. The summed E-state index contributed by atoms with van der Waals surface area (Å²) >= 11 is 1.52. The number of thioether (sulfide) groups is 1. The van der Waals surface area contributed by atoms with Gasteiger partial charge in [-0.3, -0.25) is 4.98 Å². The fourth-order valence-corrected chi connectivity index (χ4v) is 3.82. The molecule has 0 saturated carbocycles. The van der Waals surface area contributed by atoms with Gasteiger partial charge in [0.1, 0.15) is 9.84 Å². The van der Waals surface area contributed by atoms with E-state index in [0.29, 0.717) is 11.4 Å². The van der Waals surface area contributed by atoms with Crippen LogP contribution < -0.4 is 5.73 Å². The number of benzene rings is 1. The first kappa shape index (κ1) is 13.2. The van der Waals surface area contributed by atoms with Crippen LogP contribution in [-0.4, -0.2) is 31.2 Å². The molecule has 2 N–H and O–H groups in total. The lowest BCUT2D eigenvalue weighted by molar-refractivity contribution is 0.603. The van der Waals surface area contributed by atoms with Gasteiger partial charge in [0, 0.05) is 34.2 Å². The fraction of sp³-hybridized carbons (Fsp3) is 0.250. The Labute approximate surface area is 111 Å². The number of hydrogen-bond donors (Lipinski definition) is 1. The van der Waals surface area contributed by atoms with Crippen molar-refractivity contribution < 1.29 is 8.42 Å². The number of rotatable bonds is 4. The largest absolute Gasteiger partial charge is 0.399 e. The summed E-state index contributed by atoms with van der Waals surface area (Å²) in [5.74, 6) is 0.721. The maximum Gasteiger partial charge on any atom is 0.148 e. The highest BCUT2D eigenvalue weighted by Crippen LogP contribution is 2.27. The second-order valence-corrected chi connectivity index (χ2v) is 7.46. The maximum absolute atomic E-state index is 11.1. The number of nitrogen functional groups attached to an aromatic ring is 1. The molecular weight excluding hydrogens is 268 g/mol. The fourth-order valence-electron chi connectivity index (χ4n) is 1.57. The van der Waals surface area contributed by atoms with Crippen LogP contribution in [0.3, 0.4) is 0 Å². The number of sulfone groups is 1. The van der Waals surface area contributed by atoms with E-state index in [9.17, 15) is 8.42 Å². The van der Waals surface area contributed by atoms with E-state index < -0.39 is 9.84 Å². The van der Waals surface area contributed by atoms with Crippen molar-refractivity contribution >= 4 is 38.2 Å². The average molecular weight is 282 g/mol. The zero-order valence-electron chi connectivity index (χ0n) is 9.96. The van der Waals surface area contributed by atoms with Crippen LogP contribution >= 0.6 is 11.8 Å².